The fourth-order valence-electron chi connectivity index (χ4n) is 3.15. The number of hydrogen-bond acceptors (Lipinski definition) is 3. The van der Waals surface area contributed by atoms with Crippen LogP contribution in [0.15, 0.2) is 48.8 Å². The Labute approximate surface area is 171 Å². The molecule has 0 bridgehead atoms. The summed E-state index contributed by atoms with van der Waals surface area (Å²) in [5, 5.41) is 0. The third-order valence-electron chi connectivity index (χ3n) is 4.84. The van der Waals surface area contributed by atoms with Gasteiger partial charge in [-0.05, 0) is 55.5 Å². The molecule has 1 aromatic carbocycles. The average Bonchev–Trinajstić information content (AvgIpc) is 2.74. The summed E-state index contributed by atoms with van der Waals surface area (Å²) in [7, 11) is 0. The molecular formula is C25H36N2O. The molecule has 0 aliphatic carbocycles. The number of ether oxygens (including phenoxy) is 1. The number of aromatic nitrogens is 2. The van der Waals surface area contributed by atoms with Crippen LogP contribution in [0.2, 0.25) is 0 Å². The summed E-state index contributed by atoms with van der Waals surface area (Å²) in [6.07, 6.45) is 20.7. The molecular weight excluding hydrogens is 344 g/mol. The summed E-state index contributed by atoms with van der Waals surface area (Å²) >= 11 is 0. The minimum atomic E-state index is 0.708. The molecule has 0 amide bonds. The quantitative estimate of drug-likeness (QED) is 0.257. The summed E-state index contributed by atoms with van der Waals surface area (Å²) in [4.78, 5) is 9.11. The third-order valence-corrected chi connectivity index (χ3v) is 4.84. The highest BCUT2D eigenvalue weighted by atomic mass is 16.5. The van der Waals surface area contributed by atoms with E-state index in [1.54, 1.807) is 0 Å². The molecule has 1 heterocycles. The van der Waals surface area contributed by atoms with Gasteiger partial charge in [-0.1, -0.05) is 64.5 Å². The van der Waals surface area contributed by atoms with Crippen LogP contribution in [0, 0.1) is 0 Å². The molecule has 0 radical (unpaired) electrons. The Morgan fingerprint density at radius 3 is 2.18 bits per heavy atom. The van der Waals surface area contributed by atoms with Gasteiger partial charge in [-0.3, -0.25) is 0 Å². The molecule has 0 N–H and O–H groups in total. The maximum atomic E-state index is 5.76. The van der Waals surface area contributed by atoms with Crippen molar-refractivity contribution < 1.29 is 4.74 Å². The third kappa shape index (κ3) is 8.69. The summed E-state index contributed by atoms with van der Waals surface area (Å²) in [6.45, 7) is 5.11. The molecule has 0 spiro atoms. The van der Waals surface area contributed by atoms with Gasteiger partial charge in [-0.2, -0.15) is 0 Å². The van der Waals surface area contributed by atoms with Crippen LogP contribution in [-0.4, -0.2) is 16.6 Å². The van der Waals surface area contributed by atoms with Gasteiger partial charge in [0.2, 0.25) is 0 Å². The van der Waals surface area contributed by atoms with Crippen molar-refractivity contribution in [2.45, 2.75) is 78.1 Å². The van der Waals surface area contributed by atoms with Crippen LogP contribution in [-0.2, 0) is 6.42 Å². The van der Waals surface area contributed by atoms with Gasteiger partial charge in [0.25, 0.3) is 0 Å². The zero-order valence-electron chi connectivity index (χ0n) is 17.7. The number of aryl methyl sites for hydroxylation is 1. The lowest BCUT2D eigenvalue weighted by Crippen LogP contribution is -1.96. The van der Waals surface area contributed by atoms with Gasteiger partial charge in [-0.15, -0.1) is 0 Å². The monoisotopic (exact) mass is 380 g/mol. The fourth-order valence-corrected chi connectivity index (χ4v) is 3.15. The van der Waals surface area contributed by atoms with E-state index in [1.807, 2.05) is 36.7 Å². The van der Waals surface area contributed by atoms with Gasteiger partial charge in [0.15, 0.2) is 5.82 Å². The summed E-state index contributed by atoms with van der Waals surface area (Å²) in [5.41, 5.74) is 2.26. The summed E-state index contributed by atoms with van der Waals surface area (Å²) in [6, 6.07) is 8.05. The second-order valence-corrected chi connectivity index (χ2v) is 7.33. The molecule has 3 nitrogen and oxygen atoms in total. The molecule has 3 heteroatoms. The number of benzene rings is 1. The largest absolute Gasteiger partial charge is 0.493 e. The normalized spacial score (nSPS) is 11.2. The smallest absolute Gasteiger partial charge is 0.159 e. The number of allylic oxidation sites excluding steroid dienone is 1. The van der Waals surface area contributed by atoms with E-state index < -0.39 is 0 Å². The van der Waals surface area contributed by atoms with Crippen molar-refractivity contribution in [1.29, 1.82) is 0 Å². The second kappa shape index (κ2) is 13.9. The first-order valence-corrected chi connectivity index (χ1v) is 11.0. The van der Waals surface area contributed by atoms with Crippen molar-refractivity contribution >= 4 is 0 Å². The standard InChI is InChI=1S/C25H36N2O/c1-3-5-7-9-10-11-12-14-22-20-26-25(27-21-22)23-15-17-24(18-16-23)28-19-13-8-6-4-2/h6,8,15-18,20-21H,3-5,7,9-14,19H2,1-2H3/b8-6-. The van der Waals surface area contributed by atoms with E-state index in [0.29, 0.717) is 6.61 Å². The molecule has 0 saturated carbocycles. The number of rotatable bonds is 14. The van der Waals surface area contributed by atoms with Crippen molar-refractivity contribution in [3.8, 4) is 17.1 Å². The maximum Gasteiger partial charge on any atom is 0.159 e. The van der Waals surface area contributed by atoms with Gasteiger partial charge in [0.05, 0.1) is 6.61 Å². The van der Waals surface area contributed by atoms with Gasteiger partial charge >= 0.3 is 0 Å². The van der Waals surface area contributed by atoms with Crippen LogP contribution >= 0.6 is 0 Å². The van der Waals surface area contributed by atoms with E-state index >= 15 is 0 Å². The molecule has 0 unspecified atom stereocenters. The van der Waals surface area contributed by atoms with E-state index in [0.717, 1.165) is 36.4 Å². The minimum Gasteiger partial charge on any atom is -0.493 e. The van der Waals surface area contributed by atoms with E-state index in [2.05, 4.69) is 36.0 Å². The minimum absolute atomic E-state index is 0.708. The Morgan fingerprint density at radius 2 is 1.50 bits per heavy atom. The van der Waals surface area contributed by atoms with E-state index in [1.165, 1.54) is 50.5 Å². The summed E-state index contributed by atoms with van der Waals surface area (Å²) < 4.78 is 5.76. The highest BCUT2D eigenvalue weighted by molar-refractivity contribution is 5.55. The number of nitrogens with zero attached hydrogens (tertiary/aromatic N) is 2. The lowest BCUT2D eigenvalue weighted by atomic mass is 10.1. The van der Waals surface area contributed by atoms with Crippen molar-refractivity contribution in [3.63, 3.8) is 0 Å². The molecule has 0 saturated heterocycles. The van der Waals surface area contributed by atoms with Gasteiger partial charge in [0.1, 0.15) is 5.75 Å². The van der Waals surface area contributed by atoms with Crippen LogP contribution in [0.4, 0.5) is 0 Å². The van der Waals surface area contributed by atoms with Crippen molar-refractivity contribution in [1.82, 2.24) is 9.97 Å². The SMILES string of the molecule is CC/C=C\CCOc1ccc(-c2ncc(CCCCCCCCC)cn2)cc1. The lowest BCUT2D eigenvalue weighted by Gasteiger charge is -2.06. The highest BCUT2D eigenvalue weighted by Crippen LogP contribution is 2.20. The molecule has 2 aromatic rings. The zero-order valence-corrected chi connectivity index (χ0v) is 17.7. The predicted molar refractivity (Wildman–Crippen MR) is 119 cm³/mol. The van der Waals surface area contributed by atoms with Crippen LogP contribution in [0.3, 0.4) is 0 Å². The van der Waals surface area contributed by atoms with Gasteiger partial charge in [0, 0.05) is 18.0 Å². The van der Waals surface area contributed by atoms with E-state index in [-0.39, 0.29) is 0 Å². The highest BCUT2D eigenvalue weighted by Gasteiger charge is 2.03. The molecule has 152 valence electrons. The van der Waals surface area contributed by atoms with E-state index in [9.17, 15) is 0 Å². The first-order valence-electron chi connectivity index (χ1n) is 11.0. The Bertz CT molecular complexity index is 662. The first-order chi connectivity index (χ1) is 13.8. The first kappa shape index (κ1) is 22.1. The Kier molecular flexibility index (Phi) is 11.0. The Balaban J connectivity index is 1.72. The molecule has 1 aromatic heterocycles. The summed E-state index contributed by atoms with van der Waals surface area (Å²) in [5.74, 6) is 1.67. The molecule has 0 atom stereocenters. The van der Waals surface area contributed by atoms with E-state index in [4.69, 9.17) is 4.74 Å². The Hall–Kier alpha value is -2.16. The predicted octanol–water partition coefficient (Wildman–Crippen LogP) is 7.17. The van der Waals surface area contributed by atoms with Crippen molar-refractivity contribution in [2.24, 2.45) is 0 Å². The Morgan fingerprint density at radius 1 is 0.821 bits per heavy atom. The molecule has 28 heavy (non-hydrogen) atoms. The van der Waals surface area contributed by atoms with Gasteiger partial charge < -0.3 is 4.74 Å². The number of hydrogen-bond donors (Lipinski definition) is 0. The molecule has 0 aliphatic heterocycles. The van der Waals surface area contributed by atoms with Crippen LogP contribution in [0.5, 0.6) is 5.75 Å². The lowest BCUT2D eigenvalue weighted by molar-refractivity contribution is 0.325. The maximum absolute atomic E-state index is 5.76. The van der Waals surface area contributed by atoms with Crippen molar-refractivity contribution in [3.05, 3.63) is 54.4 Å². The fraction of sp³-hybridized carbons (Fsp3) is 0.520. The van der Waals surface area contributed by atoms with Gasteiger partial charge in [-0.25, -0.2) is 9.97 Å². The topological polar surface area (TPSA) is 35.0 Å². The molecule has 0 aliphatic rings. The van der Waals surface area contributed by atoms with Crippen LogP contribution in [0.1, 0.15) is 77.2 Å². The average molecular weight is 381 g/mol. The molecule has 0 fully saturated rings. The number of unbranched alkanes of at least 4 members (excludes halogenated alkanes) is 6. The van der Waals surface area contributed by atoms with Crippen molar-refractivity contribution in [2.75, 3.05) is 6.61 Å². The second-order valence-electron chi connectivity index (χ2n) is 7.33. The van der Waals surface area contributed by atoms with Crippen LogP contribution in [0.25, 0.3) is 11.4 Å². The van der Waals surface area contributed by atoms with Crippen LogP contribution < -0.4 is 4.74 Å². The zero-order chi connectivity index (χ0) is 19.9. The molecule has 2 rings (SSSR count).